The van der Waals surface area contributed by atoms with Crippen molar-refractivity contribution in [3.63, 3.8) is 0 Å². The van der Waals surface area contributed by atoms with Gasteiger partial charge in [0.1, 0.15) is 0 Å². The molecule has 2 aromatic rings. The molecule has 120 valence electrons. The highest BCUT2D eigenvalue weighted by Crippen LogP contribution is 2.18. The van der Waals surface area contributed by atoms with Gasteiger partial charge in [0.15, 0.2) is 0 Å². The van der Waals surface area contributed by atoms with Crippen molar-refractivity contribution in [2.45, 2.75) is 13.0 Å². The number of hydrogen-bond acceptors (Lipinski definition) is 4. The predicted molar refractivity (Wildman–Crippen MR) is 86.6 cm³/mol. The molecule has 1 amide bonds. The second-order valence-corrected chi connectivity index (χ2v) is 5.47. The first-order valence-corrected chi connectivity index (χ1v) is 7.23. The lowest BCUT2D eigenvalue weighted by Crippen LogP contribution is -2.29. The molecular weight excluding hydrogens is 320 g/mol. The van der Waals surface area contributed by atoms with Crippen molar-refractivity contribution in [2.24, 2.45) is 0 Å². The smallest absolute Gasteiger partial charge is 0.270 e. The number of rotatable bonds is 5. The highest BCUT2D eigenvalue weighted by atomic mass is 35.5. The minimum Gasteiger partial charge on any atom is -0.387 e. The topological polar surface area (TPSA) is 92.5 Å². The fourth-order valence-corrected chi connectivity index (χ4v) is 2.18. The van der Waals surface area contributed by atoms with E-state index in [-0.39, 0.29) is 17.8 Å². The summed E-state index contributed by atoms with van der Waals surface area (Å²) in [4.78, 5) is 22.4. The quantitative estimate of drug-likeness (QED) is 0.649. The van der Waals surface area contributed by atoms with Crippen LogP contribution in [-0.4, -0.2) is 22.5 Å². The Hall–Kier alpha value is -2.44. The molecule has 0 fully saturated rings. The summed E-state index contributed by atoms with van der Waals surface area (Å²) in [5.41, 5.74) is 1.29. The minimum atomic E-state index is -0.893. The maximum Gasteiger partial charge on any atom is 0.270 e. The summed E-state index contributed by atoms with van der Waals surface area (Å²) >= 11 is 5.78. The summed E-state index contributed by atoms with van der Waals surface area (Å²) in [5.74, 6) is -0.473. The number of nitrogens with one attached hydrogen (secondary N) is 1. The summed E-state index contributed by atoms with van der Waals surface area (Å²) in [6.45, 7) is 1.68. The Morgan fingerprint density at radius 3 is 2.57 bits per heavy atom. The first kappa shape index (κ1) is 16.9. The monoisotopic (exact) mass is 334 g/mol. The van der Waals surface area contributed by atoms with E-state index in [1.54, 1.807) is 31.2 Å². The second kappa shape index (κ2) is 7.21. The van der Waals surface area contributed by atoms with Gasteiger partial charge in [-0.15, -0.1) is 0 Å². The molecule has 6 nitrogen and oxygen atoms in total. The molecule has 2 aromatic carbocycles. The highest BCUT2D eigenvalue weighted by molar-refractivity contribution is 6.30. The zero-order valence-corrected chi connectivity index (χ0v) is 13.1. The van der Waals surface area contributed by atoms with Crippen LogP contribution in [0.25, 0.3) is 0 Å². The standard InChI is InChI=1S/C16H15ClN2O4/c1-10-2-7-13(19(22)23)8-14(10)16(21)18-9-15(20)11-3-5-12(17)6-4-11/h2-8,15,20H,9H2,1H3,(H,18,21). The Morgan fingerprint density at radius 1 is 1.30 bits per heavy atom. The molecule has 0 saturated heterocycles. The van der Waals surface area contributed by atoms with E-state index in [1.807, 2.05) is 0 Å². The molecule has 2 rings (SSSR count). The molecule has 0 heterocycles. The number of aliphatic hydroxyl groups is 1. The van der Waals surface area contributed by atoms with E-state index in [2.05, 4.69) is 5.32 Å². The largest absolute Gasteiger partial charge is 0.387 e. The lowest BCUT2D eigenvalue weighted by Gasteiger charge is -2.13. The van der Waals surface area contributed by atoms with Crippen LogP contribution in [0.3, 0.4) is 0 Å². The first-order chi connectivity index (χ1) is 10.9. The number of aliphatic hydroxyl groups excluding tert-OH is 1. The van der Waals surface area contributed by atoms with E-state index < -0.39 is 16.9 Å². The van der Waals surface area contributed by atoms with Crippen LogP contribution in [0, 0.1) is 17.0 Å². The Labute approximate surface area is 137 Å². The number of benzene rings is 2. The third-order valence-electron chi connectivity index (χ3n) is 3.39. The minimum absolute atomic E-state index is 0.0113. The van der Waals surface area contributed by atoms with Gasteiger partial charge in [-0.2, -0.15) is 0 Å². The molecule has 0 bridgehead atoms. The first-order valence-electron chi connectivity index (χ1n) is 6.85. The molecule has 7 heteroatoms. The summed E-state index contributed by atoms with van der Waals surface area (Å²) in [6.07, 6.45) is -0.893. The van der Waals surface area contributed by atoms with E-state index in [0.717, 1.165) is 0 Å². The van der Waals surface area contributed by atoms with Gasteiger partial charge in [0.2, 0.25) is 0 Å². The molecule has 0 spiro atoms. The van der Waals surface area contributed by atoms with Crippen molar-refractivity contribution in [1.29, 1.82) is 0 Å². The SMILES string of the molecule is Cc1ccc([N+](=O)[O-])cc1C(=O)NCC(O)c1ccc(Cl)cc1. The van der Waals surface area contributed by atoms with Crippen LogP contribution in [0.5, 0.6) is 0 Å². The van der Waals surface area contributed by atoms with E-state index in [0.29, 0.717) is 16.1 Å². The number of non-ortho nitro benzene ring substituents is 1. The van der Waals surface area contributed by atoms with Crippen molar-refractivity contribution in [2.75, 3.05) is 6.54 Å². The lowest BCUT2D eigenvalue weighted by atomic mass is 10.1. The highest BCUT2D eigenvalue weighted by Gasteiger charge is 2.16. The van der Waals surface area contributed by atoms with Crippen molar-refractivity contribution < 1.29 is 14.8 Å². The van der Waals surface area contributed by atoms with Gasteiger partial charge < -0.3 is 10.4 Å². The zero-order valence-electron chi connectivity index (χ0n) is 12.3. The van der Waals surface area contributed by atoms with Crippen LogP contribution in [0.2, 0.25) is 5.02 Å². The Bertz CT molecular complexity index is 731. The summed E-state index contributed by atoms with van der Waals surface area (Å²) in [7, 11) is 0. The molecule has 0 aliphatic rings. The van der Waals surface area contributed by atoms with Crippen LogP contribution >= 0.6 is 11.6 Å². The van der Waals surface area contributed by atoms with Crippen LogP contribution in [0.4, 0.5) is 5.69 Å². The van der Waals surface area contributed by atoms with Crippen LogP contribution < -0.4 is 5.32 Å². The summed E-state index contributed by atoms with van der Waals surface area (Å²) in [6, 6.07) is 10.7. The van der Waals surface area contributed by atoms with Crippen molar-refractivity contribution >= 4 is 23.2 Å². The molecule has 0 aliphatic carbocycles. The van der Waals surface area contributed by atoms with Gasteiger partial charge in [0.05, 0.1) is 11.0 Å². The van der Waals surface area contributed by atoms with Crippen molar-refractivity contribution in [3.05, 3.63) is 74.3 Å². The number of hydrogen-bond donors (Lipinski definition) is 2. The molecule has 23 heavy (non-hydrogen) atoms. The van der Waals surface area contributed by atoms with Crippen LogP contribution in [-0.2, 0) is 0 Å². The molecule has 0 saturated carbocycles. The van der Waals surface area contributed by atoms with Gasteiger partial charge in [-0.3, -0.25) is 14.9 Å². The Balaban J connectivity index is 2.06. The lowest BCUT2D eigenvalue weighted by molar-refractivity contribution is -0.384. The molecule has 1 atom stereocenters. The van der Waals surface area contributed by atoms with Gasteiger partial charge in [0, 0.05) is 29.3 Å². The molecular formula is C16H15ClN2O4. The molecule has 1 unspecified atom stereocenters. The Morgan fingerprint density at radius 2 is 1.96 bits per heavy atom. The van der Waals surface area contributed by atoms with E-state index in [9.17, 15) is 20.0 Å². The maximum atomic E-state index is 12.2. The van der Waals surface area contributed by atoms with Crippen molar-refractivity contribution in [3.8, 4) is 0 Å². The number of amides is 1. The van der Waals surface area contributed by atoms with Crippen molar-refractivity contribution in [1.82, 2.24) is 5.32 Å². The number of carbonyl (C=O) groups is 1. The Kier molecular flexibility index (Phi) is 5.31. The number of nitro benzene ring substituents is 1. The van der Waals surface area contributed by atoms with Crippen LogP contribution in [0.15, 0.2) is 42.5 Å². The van der Waals surface area contributed by atoms with E-state index >= 15 is 0 Å². The number of halogens is 1. The maximum absolute atomic E-state index is 12.2. The van der Waals surface area contributed by atoms with Gasteiger partial charge in [-0.1, -0.05) is 29.8 Å². The zero-order chi connectivity index (χ0) is 17.0. The summed E-state index contributed by atoms with van der Waals surface area (Å²) in [5, 5.41) is 24.0. The molecule has 0 aliphatic heterocycles. The predicted octanol–water partition coefficient (Wildman–Crippen LogP) is 3.02. The van der Waals surface area contributed by atoms with Crippen LogP contribution in [0.1, 0.15) is 27.6 Å². The third-order valence-corrected chi connectivity index (χ3v) is 3.64. The van der Waals surface area contributed by atoms with Gasteiger partial charge in [-0.25, -0.2) is 0 Å². The third kappa shape index (κ3) is 4.28. The number of nitrogens with zero attached hydrogens (tertiary/aromatic N) is 1. The summed E-state index contributed by atoms with van der Waals surface area (Å²) < 4.78 is 0. The second-order valence-electron chi connectivity index (χ2n) is 5.03. The fraction of sp³-hybridized carbons (Fsp3) is 0.188. The molecule has 0 radical (unpaired) electrons. The normalized spacial score (nSPS) is 11.8. The van der Waals surface area contributed by atoms with E-state index in [4.69, 9.17) is 11.6 Å². The van der Waals surface area contributed by atoms with Gasteiger partial charge in [0.25, 0.3) is 11.6 Å². The van der Waals surface area contributed by atoms with E-state index in [1.165, 1.54) is 18.2 Å². The molecule has 0 aromatic heterocycles. The number of nitro groups is 1. The number of carbonyl (C=O) groups excluding carboxylic acids is 1. The molecule has 2 N–H and O–H groups in total. The average molecular weight is 335 g/mol. The van der Waals surface area contributed by atoms with Gasteiger partial charge >= 0.3 is 0 Å². The fourth-order valence-electron chi connectivity index (χ4n) is 2.06. The average Bonchev–Trinajstić information content (AvgIpc) is 2.53. The van der Waals surface area contributed by atoms with Gasteiger partial charge in [-0.05, 0) is 30.2 Å². The number of aryl methyl sites for hydroxylation is 1.